The molecule has 4 heteroatoms. The first-order chi connectivity index (χ1) is 9.65. The van der Waals surface area contributed by atoms with Crippen LogP contribution in [0.15, 0.2) is 36.5 Å². The number of carbonyl (C=O) groups excluding carboxylic acids is 1. The predicted molar refractivity (Wildman–Crippen MR) is 79.4 cm³/mol. The number of carbonyl (C=O) groups is 1. The maximum atomic E-state index is 12.7. The summed E-state index contributed by atoms with van der Waals surface area (Å²) in [5.41, 5.74) is 7.48. The van der Waals surface area contributed by atoms with E-state index in [9.17, 15) is 4.79 Å². The summed E-state index contributed by atoms with van der Waals surface area (Å²) >= 11 is 0. The number of hydrogen-bond donors (Lipinski definition) is 1. The van der Waals surface area contributed by atoms with Crippen molar-refractivity contribution < 1.29 is 4.79 Å². The molecular weight excluding hydrogens is 250 g/mol. The van der Waals surface area contributed by atoms with E-state index in [-0.39, 0.29) is 11.9 Å². The van der Waals surface area contributed by atoms with Crippen LogP contribution in [0.1, 0.15) is 23.7 Å². The van der Waals surface area contributed by atoms with Gasteiger partial charge in [0.15, 0.2) is 0 Å². The third kappa shape index (κ3) is 2.39. The Morgan fingerprint density at radius 1 is 1.30 bits per heavy atom. The molecule has 0 spiro atoms. The summed E-state index contributed by atoms with van der Waals surface area (Å²) in [5, 5.41) is 0.993. The molecule has 1 fully saturated rings. The first-order valence-corrected chi connectivity index (χ1v) is 7.04. The van der Waals surface area contributed by atoms with Crippen molar-refractivity contribution in [2.45, 2.75) is 19.4 Å². The second kappa shape index (κ2) is 5.21. The van der Waals surface area contributed by atoms with Crippen LogP contribution in [0.5, 0.6) is 0 Å². The lowest BCUT2D eigenvalue weighted by Gasteiger charge is -2.35. The molecule has 0 aliphatic carbocycles. The Labute approximate surface area is 118 Å². The van der Waals surface area contributed by atoms with Gasteiger partial charge in [0.25, 0.3) is 5.91 Å². The minimum absolute atomic E-state index is 0.0382. The summed E-state index contributed by atoms with van der Waals surface area (Å²) < 4.78 is 0. The SMILES string of the molecule is CC1CC(N)CN(C(=O)c2cccc3cccnc23)C1. The zero-order valence-corrected chi connectivity index (χ0v) is 11.6. The van der Waals surface area contributed by atoms with E-state index in [1.807, 2.05) is 35.2 Å². The first-order valence-electron chi connectivity index (χ1n) is 7.04. The van der Waals surface area contributed by atoms with Crippen molar-refractivity contribution in [3.05, 3.63) is 42.1 Å². The molecule has 1 aromatic heterocycles. The van der Waals surface area contributed by atoms with Crippen LogP contribution < -0.4 is 5.73 Å². The van der Waals surface area contributed by atoms with E-state index >= 15 is 0 Å². The van der Waals surface area contributed by atoms with Crippen LogP contribution in [0.3, 0.4) is 0 Å². The lowest BCUT2D eigenvalue weighted by molar-refractivity contribution is 0.0663. The average molecular weight is 269 g/mol. The number of para-hydroxylation sites is 1. The molecule has 2 unspecified atom stereocenters. The van der Waals surface area contributed by atoms with Crippen molar-refractivity contribution in [1.29, 1.82) is 0 Å². The molecular formula is C16H19N3O. The molecule has 2 heterocycles. The van der Waals surface area contributed by atoms with Crippen LogP contribution in [0.4, 0.5) is 0 Å². The van der Waals surface area contributed by atoms with Gasteiger partial charge in [-0.25, -0.2) is 0 Å². The molecule has 2 aromatic rings. The largest absolute Gasteiger partial charge is 0.337 e. The molecule has 1 saturated heterocycles. The van der Waals surface area contributed by atoms with Crippen molar-refractivity contribution >= 4 is 16.8 Å². The molecule has 0 saturated carbocycles. The summed E-state index contributed by atoms with van der Waals surface area (Å²) in [6.07, 6.45) is 2.71. The molecule has 4 nitrogen and oxygen atoms in total. The van der Waals surface area contributed by atoms with Crippen LogP contribution in [0.25, 0.3) is 10.9 Å². The van der Waals surface area contributed by atoms with Crippen molar-refractivity contribution in [1.82, 2.24) is 9.88 Å². The van der Waals surface area contributed by atoms with Gasteiger partial charge in [-0.05, 0) is 24.5 Å². The maximum absolute atomic E-state index is 12.7. The summed E-state index contributed by atoms with van der Waals surface area (Å²) in [7, 11) is 0. The lowest BCUT2D eigenvalue weighted by atomic mass is 9.95. The van der Waals surface area contributed by atoms with Gasteiger partial charge < -0.3 is 10.6 Å². The molecule has 0 radical (unpaired) electrons. The Bertz CT molecular complexity index is 625. The van der Waals surface area contributed by atoms with E-state index in [4.69, 9.17) is 5.73 Å². The lowest BCUT2D eigenvalue weighted by Crippen LogP contribution is -2.48. The van der Waals surface area contributed by atoms with Gasteiger partial charge in [-0.2, -0.15) is 0 Å². The van der Waals surface area contributed by atoms with Crippen LogP contribution >= 0.6 is 0 Å². The number of pyridine rings is 1. The van der Waals surface area contributed by atoms with Crippen LogP contribution in [-0.4, -0.2) is 34.9 Å². The predicted octanol–water partition coefficient (Wildman–Crippen LogP) is 2.04. The second-order valence-corrected chi connectivity index (χ2v) is 5.69. The van der Waals surface area contributed by atoms with E-state index in [0.717, 1.165) is 23.9 Å². The smallest absolute Gasteiger partial charge is 0.256 e. The zero-order chi connectivity index (χ0) is 14.1. The van der Waals surface area contributed by atoms with Gasteiger partial charge in [-0.1, -0.05) is 25.1 Å². The number of benzene rings is 1. The number of aromatic nitrogens is 1. The molecule has 0 bridgehead atoms. The normalized spacial score (nSPS) is 23.0. The molecule has 20 heavy (non-hydrogen) atoms. The Morgan fingerprint density at radius 2 is 2.10 bits per heavy atom. The number of fused-ring (bicyclic) bond motifs is 1. The van der Waals surface area contributed by atoms with E-state index in [1.54, 1.807) is 6.20 Å². The minimum atomic E-state index is 0.0382. The van der Waals surface area contributed by atoms with E-state index in [1.165, 1.54) is 0 Å². The van der Waals surface area contributed by atoms with Gasteiger partial charge in [0, 0.05) is 30.7 Å². The number of nitrogens with zero attached hydrogens (tertiary/aromatic N) is 2. The number of piperidine rings is 1. The third-order valence-corrected chi connectivity index (χ3v) is 3.84. The van der Waals surface area contributed by atoms with Crippen molar-refractivity contribution in [2.24, 2.45) is 11.7 Å². The van der Waals surface area contributed by atoms with E-state index < -0.39 is 0 Å². The van der Waals surface area contributed by atoms with Crippen LogP contribution in [-0.2, 0) is 0 Å². The fraction of sp³-hybridized carbons (Fsp3) is 0.375. The molecule has 2 N–H and O–H groups in total. The average Bonchev–Trinajstić information content (AvgIpc) is 2.45. The maximum Gasteiger partial charge on any atom is 0.256 e. The fourth-order valence-electron chi connectivity index (χ4n) is 3.01. The number of hydrogen-bond acceptors (Lipinski definition) is 3. The number of nitrogens with two attached hydrogens (primary N) is 1. The van der Waals surface area contributed by atoms with E-state index in [0.29, 0.717) is 18.0 Å². The Hall–Kier alpha value is -1.94. The Balaban J connectivity index is 1.96. The van der Waals surface area contributed by atoms with Crippen molar-refractivity contribution in [3.8, 4) is 0 Å². The summed E-state index contributed by atoms with van der Waals surface area (Å²) in [5.74, 6) is 0.488. The molecule has 1 amide bonds. The van der Waals surface area contributed by atoms with Crippen LogP contribution in [0.2, 0.25) is 0 Å². The number of amides is 1. The third-order valence-electron chi connectivity index (χ3n) is 3.84. The minimum Gasteiger partial charge on any atom is -0.337 e. The van der Waals surface area contributed by atoms with Crippen LogP contribution in [0, 0.1) is 5.92 Å². The molecule has 1 aliphatic rings. The van der Waals surface area contributed by atoms with Gasteiger partial charge in [-0.15, -0.1) is 0 Å². The topological polar surface area (TPSA) is 59.2 Å². The number of rotatable bonds is 1. The summed E-state index contributed by atoms with van der Waals surface area (Å²) in [4.78, 5) is 19.0. The zero-order valence-electron chi connectivity index (χ0n) is 11.6. The molecule has 1 aromatic carbocycles. The molecule has 1 aliphatic heterocycles. The highest BCUT2D eigenvalue weighted by Crippen LogP contribution is 2.21. The highest BCUT2D eigenvalue weighted by molar-refractivity contribution is 6.05. The molecule has 104 valence electrons. The Morgan fingerprint density at radius 3 is 2.90 bits per heavy atom. The van der Waals surface area contributed by atoms with Crippen molar-refractivity contribution in [2.75, 3.05) is 13.1 Å². The van der Waals surface area contributed by atoms with Gasteiger partial charge in [0.1, 0.15) is 0 Å². The summed E-state index contributed by atoms with van der Waals surface area (Å²) in [6, 6.07) is 9.67. The number of likely N-dealkylation sites (tertiary alicyclic amines) is 1. The first kappa shape index (κ1) is 13.1. The fourth-order valence-corrected chi connectivity index (χ4v) is 3.01. The highest BCUT2D eigenvalue weighted by Gasteiger charge is 2.27. The second-order valence-electron chi connectivity index (χ2n) is 5.69. The summed E-state index contributed by atoms with van der Waals surface area (Å²) in [6.45, 7) is 3.54. The Kier molecular flexibility index (Phi) is 3.40. The van der Waals surface area contributed by atoms with Crippen molar-refractivity contribution in [3.63, 3.8) is 0 Å². The quantitative estimate of drug-likeness (QED) is 0.862. The van der Waals surface area contributed by atoms with E-state index in [2.05, 4.69) is 11.9 Å². The van der Waals surface area contributed by atoms with Gasteiger partial charge in [-0.3, -0.25) is 9.78 Å². The van der Waals surface area contributed by atoms with Gasteiger partial charge >= 0.3 is 0 Å². The molecule has 3 rings (SSSR count). The van der Waals surface area contributed by atoms with Gasteiger partial charge in [0.05, 0.1) is 11.1 Å². The molecule has 2 atom stereocenters. The standard InChI is InChI=1S/C16H19N3O/c1-11-8-13(17)10-19(9-11)16(20)14-6-2-4-12-5-3-7-18-15(12)14/h2-7,11,13H,8-10,17H2,1H3. The van der Waals surface area contributed by atoms with Gasteiger partial charge in [0.2, 0.25) is 0 Å². The highest BCUT2D eigenvalue weighted by atomic mass is 16.2. The monoisotopic (exact) mass is 269 g/mol.